The molecule has 0 aromatic carbocycles. The summed E-state index contributed by atoms with van der Waals surface area (Å²) in [5.74, 6) is 0.560. The van der Waals surface area contributed by atoms with Gasteiger partial charge in [0, 0.05) is 25.4 Å². The number of methoxy groups -OCH3 is 1. The molecule has 7 nitrogen and oxygen atoms in total. The second-order valence-electron chi connectivity index (χ2n) is 7.13. The number of hydrogen-bond donors (Lipinski definition) is 1. The third-order valence-corrected chi connectivity index (χ3v) is 4.00. The van der Waals surface area contributed by atoms with Gasteiger partial charge in [0.25, 0.3) is 0 Å². The quantitative estimate of drug-likeness (QED) is 0.923. The van der Waals surface area contributed by atoms with Crippen molar-refractivity contribution in [3.63, 3.8) is 0 Å². The summed E-state index contributed by atoms with van der Waals surface area (Å²) in [5, 5.41) is 2.94. The average molecular weight is 344 g/mol. The first kappa shape index (κ1) is 17.3. The van der Waals surface area contributed by atoms with Crippen molar-refractivity contribution in [1.29, 1.82) is 0 Å². The lowest BCUT2D eigenvalue weighted by Crippen LogP contribution is -2.40. The zero-order valence-corrected chi connectivity index (χ0v) is 15.1. The Morgan fingerprint density at radius 1 is 1.32 bits per heavy atom. The number of nitrogens with one attached hydrogen (secondary N) is 1. The number of carbonyl (C=O) groups excluding carboxylic acids is 1. The molecule has 1 N–H and O–H groups in total. The molecule has 1 fully saturated rings. The summed E-state index contributed by atoms with van der Waals surface area (Å²) in [4.78, 5) is 23.1. The van der Waals surface area contributed by atoms with Gasteiger partial charge in [-0.05, 0) is 39.3 Å². The van der Waals surface area contributed by atoms with E-state index in [0.29, 0.717) is 12.4 Å². The van der Waals surface area contributed by atoms with Crippen LogP contribution in [0, 0.1) is 0 Å². The maximum atomic E-state index is 12.0. The van der Waals surface area contributed by atoms with Gasteiger partial charge in [0.1, 0.15) is 11.1 Å². The molecule has 2 aromatic rings. The van der Waals surface area contributed by atoms with Crippen LogP contribution in [0.15, 0.2) is 24.4 Å². The van der Waals surface area contributed by atoms with Crippen LogP contribution < -0.4 is 15.0 Å². The number of fused-ring (bicyclic) bond motifs is 1. The van der Waals surface area contributed by atoms with Gasteiger partial charge in [-0.3, -0.25) is 4.98 Å². The smallest absolute Gasteiger partial charge is 0.407 e. The van der Waals surface area contributed by atoms with E-state index in [2.05, 4.69) is 20.2 Å². The van der Waals surface area contributed by atoms with E-state index in [-0.39, 0.29) is 12.1 Å². The maximum Gasteiger partial charge on any atom is 0.407 e. The van der Waals surface area contributed by atoms with Crippen molar-refractivity contribution in [1.82, 2.24) is 15.3 Å². The molecule has 0 unspecified atom stereocenters. The minimum atomic E-state index is -0.496. The zero-order chi connectivity index (χ0) is 18.0. The highest BCUT2D eigenvalue weighted by atomic mass is 16.6. The van der Waals surface area contributed by atoms with E-state index < -0.39 is 5.60 Å². The minimum Gasteiger partial charge on any atom is -0.481 e. The standard InChI is InChI=1S/C18H24N4O3/c1-18(2,3)25-17(23)20-12-8-10-22(11-12)14-7-9-19-13-5-6-15(24-4)21-16(13)14/h5-7,9,12H,8,10-11H2,1-4H3,(H,20,23)/t12-/m0/s1. The number of alkyl carbamates (subject to hydrolysis) is 1. The predicted octanol–water partition coefficient (Wildman–Crippen LogP) is 2.74. The molecular formula is C18H24N4O3. The molecule has 0 spiro atoms. The van der Waals surface area contributed by atoms with Crippen molar-refractivity contribution >= 4 is 22.8 Å². The number of hydrogen-bond acceptors (Lipinski definition) is 6. The van der Waals surface area contributed by atoms with Crippen molar-refractivity contribution in [2.24, 2.45) is 0 Å². The molecule has 1 aliphatic rings. The molecule has 134 valence electrons. The molecule has 3 rings (SSSR count). The molecule has 1 amide bonds. The first-order chi connectivity index (χ1) is 11.9. The summed E-state index contributed by atoms with van der Waals surface area (Å²) in [6, 6.07) is 5.70. The van der Waals surface area contributed by atoms with Crippen LogP contribution in [0.3, 0.4) is 0 Å². The largest absolute Gasteiger partial charge is 0.481 e. The Morgan fingerprint density at radius 3 is 2.84 bits per heavy atom. The van der Waals surface area contributed by atoms with Gasteiger partial charge in [0.15, 0.2) is 0 Å². The van der Waals surface area contributed by atoms with Gasteiger partial charge in [-0.2, -0.15) is 0 Å². The predicted molar refractivity (Wildman–Crippen MR) is 96.1 cm³/mol. The molecule has 0 saturated carbocycles. The molecule has 7 heteroatoms. The monoisotopic (exact) mass is 344 g/mol. The number of anilines is 1. The Labute approximate surface area is 147 Å². The number of ether oxygens (including phenoxy) is 2. The molecule has 3 heterocycles. The summed E-state index contributed by atoms with van der Waals surface area (Å²) in [7, 11) is 1.60. The normalized spacial score (nSPS) is 17.6. The van der Waals surface area contributed by atoms with Crippen molar-refractivity contribution < 1.29 is 14.3 Å². The fourth-order valence-corrected chi connectivity index (χ4v) is 2.93. The van der Waals surface area contributed by atoms with Crippen LogP contribution in [-0.2, 0) is 4.74 Å². The van der Waals surface area contributed by atoms with Crippen LogP contribution >= 0.6 is 0 Å². The molecule has 0 bridgehead atoms. The first-order valence-electron chi connectivity index (χ1n) is 8.40. The topological polar surface area (TPSA) is 76.6 Å². The molecule has 1 saturated heterocycles. The van der Waals surface area contributed by atoms with E-state index in [9.17, 15) is 4.79 Å². The summed E-state index contributed by atoms with van der Waals surface area (Å²) in [5.41, 5.74) is 2.13. The van der Waals surface area contributed by atoms with Crippen LogP contribution in [0.1, 0.15) is 27.2 Å². The summed E-state index contributed by atoms with van der Waals surface area (Å²) >= 11 is 0. The third-order valence-electron chi connectivity index (χ3n) is 4.00. The van der Waals surface area contributed by atoms with Crippen LogP contribution in [0.4, 0.5) is 10.5 Å². The van der Waals surface area contributed by atoms with E-state index in [1.807, 2.05) is 32.9 Å². The summed E-state index contributed by atoms with van der Waals surface area (Å²) in [6.07, 6.45) is 2.26. The maximum absolute atomic E-state index is 12.0. The molecule has 1 aliphatic heterocycles. The number of pyridine rings is 2. The van der Waals surface area contributed by atoms with E-state index in [0.717, 1.165) is 29.7 Å². The van der Waals surface area contributed by atoms with Gasteiger partial charge >= 0.3 is 6.09 Å². The number of carbonyl (C=O) groups is 1. The van der Waals surface area contributed by atoms with Crippen molar-refractivity contribution in [2.45, 2.75) is 38.8 Å². The Bertz CT molecular complexity index is 772. The van der Waals surface area contributed by atoms with E-state index in [4.69, 9.17) is 9.47 Å². The molecule has 1 atom stereocenters. The fraction of sp³-hybridized carbons (Fsp3) is 0.500. The van der Waals surface area contributed by atoms with Crippen molar-refractivity contribution in [3.05, 3.63) is 24.4 Å². The Hall–Kier alpha value is -2.57. The number of aromatic nitrogens is 2. The van der Waals surface area contributed by atoms with E-state index >= 15 is 0 Å². The number of rotatable bonds is 3. The van der Waals surface area contributed by atoms with E-state index in [1.165, 1.54) is 0 Å². The molecule has 25 heavy (non-hydrogen) atoms. The highest BCUT2D eigenvalue weighted by molar-refractivity contribution is 5.88. The lowest BCUT2D eigenvalue weighted by Gasteiger charge is -2.22. The van der Waals surface area contributed by atoms with Gasteiger partial charge < -0.3 is 19.7 Å². The molecule has 0 radical (unpaired) electrons. The average Bonchev–Trinajstić information content (AvgIpc) is 3.00. The third kappa shape index (κ3) is 4.10. The van der Waals surface area contributed by atoms with Gasteiger partial charge in [-0.1, -0.05) is 0 Å². The first-order valence-corrected chi connectivity index (χ1v) is 8.40. The number of amides is 1. The fourth-order valence-electron chi connectivity index (χ4n) is 2.93. The second kappa shape index (κ2) is 6.74. The van der Waals surface area contributed by atoms with Gasteiger partial charge in [-0.15, -0.1) is 0 Å². The van der Waals surface area contributed by atoms with E-state index in [1.54, 1.807) is 19.4 Å². The summed E-state index contributed by atoms with van der Waals surface area (Å²) < 4.78 is 10.6. The van der Waals surface area contributed by atoms with Gasteiger partial charge in [0.2, 0.25) is 5.88 Å². The molecule has 0 aliphatic carbocycles. The SMILES string of the molecule is COc1ccc2nccc(N3CC[C@H](NC(=O)OC(C)(C)C)C3)c2n1. The highest BCUT2D eigenvalue weighted by Gasteiger charge is 2.27. The zero-order valence-electron chi connectivity index (χ0n) is 15.1. The molecular weight excluding hydrogens is 320 g/mol. The Kier molecular flexibility index (Phi) is 4.65. The Balaban J connectivity index is 1.74. The lowest BCUT2D eigenvalue weighted by atomic mass is 10.2. The van der Waals surface area contributed by atoms with Crippen LogP contribution in [0.5, 0.6) is 5.88 Å². The van der Waals surface area contributed by atoms with Gasteiger partial charge in [0.05, 0.1) is 24.4 Å². The highest BCUT2D eigenvalue weighted by Crippen LogP contribution is 2.28. The van der Waals surface area contributed by atoms with Crippen molar-refractivity contribution in [2.75, 3.05) is 25.1 Å². The second-order valence-corrected chi connectivity index (χ2v) is 7.13. The minimum absolute atomic E-state index is 0.0451. The van der Waals surface area contributed by atoms with Crippen LogP contribution in [-0.4, -0.2) is 47.9 Å². The van der Waals surface area contributed by atoms with Crippen LogP contribution in [0.2, 0.25) is 0 Å². The number of nitrogens with zero attached hydrogens (tertiary/aromatic N) is 3. The molecule has 2 aromatic heterocycles. The van der Waals surface area contributed by atoms with Crippen molar-refractivity contribution in [3.8, 4) is 5.88 Å². The van der Waals surface area contributed by atoms with Gasteiger partial charge in [-0.25, -0.2) is 9.78 Å². The van der Waals surface area contributed by atoms with Crippen LogP contribution in [0.25, 0.3) is 11.0 Å². The Morgan fingerprint density at radius 2 is 2.12 bits per heavy atom. The summed E-state index contributed by atoms with van der Waals surface area (Å²) in [6.45, 7) is 7.11. The lowest BCUT2D eigenvalue weighted by molar-refractivity contribution is 0.0509.